The van der Waals surface area contributed by atoms with Crippen LogP contribution in [0, 0.1) is 0 Å². The van der Waals surface area contributed by atoms with Gasteiger partial charge in [0.2, 0.25) is 0 Å². The number of halogens is 1. The Balaban J connectivity index is 2.37. The van der Waals surface area contributed by atoms with Crippen LogP contribution < -0.4 is 0 Å². The van der Waals surface area contributed by atoms with Gasteiger partial charge in [0.05, 0.1) is 0 Å². The van der Waals surface area contributed by atoms with Gasteiger partial charge in [-0.1, -0.05) is 27.7 Å². The average Bonchev–Trinajstić information content (AvgIpc) is 2.05. The number of hydrogen-bond acceptors (Lipinski definition) is 2. The molecule has 3 heteroatoms. The molecule has 0 saturated carbocycles. The van der Waals surface area contributed by atoms with E-state index in [2.05, 4.69) is 28.1 Å². The molecule has 0 aliphatic carbocycles. The third-order valence-electron chi connectivity index (χ3n) is 1.95. The van der Waals surface area contributed by atoms with Crippen molar-refractivity contribution in [1.82, 2.24) is 0 Å². The molecular formula is C9H9BrOS. The van der Waals surface area contributed by atoms with E-state index >= 15 is 0 Å². The fraction of sp³-hybridized carbons (Fsp3) is 0.333. The van der Waals surface area contributed by atoms with Gasteiger partial charge < -0.3 is 5.11 Å². The summed E-state index contributed by atoms with van der Waals surface area (Å²) in [7, 11) is 0. The molecule has 0 bridgehead atoms. The monoisotopic (exact) mass is 244 g/mol. The van der Waals surface area contributed by atoms with Gasteiger partial charge >= 0.3 is 0 Å². The Labute approximate surface area is 84.3 Å². The minimum atomic E-state index is -0.210. The summed E-state index contributed by atoms with van der Waals surface area (Å²) in [5.41, 5.74) is 1.14. The van der Waals surface area contributed by atoms with Gasteiger partial charge in [0, 0.05) is 9.37 Å². The van der Waals surface area contributed by atoms with E-state index in [0.717, 1.165) is 17.3 Å². The van der Waals surface area contributed by atoms with Gasteiger partial charge in [-0.2, -0.15) is 0 Å². The molecule has 0 fully saturated rings. The Morgan fingerprint density at radius 1 is 1.50 bits per heavy atom. The standard InChI is InChI=1S/C9H9BrOS/c10-7-2-3-8-6(5-7)1-4-9(11)12-8/h2-3,5,9,11H,1,4H2. The zero-order valence-electron chi connectivity index (χ0n) is 6.46. The molecule has 0 aromatic heterocycles. The van der Waals surface area contributed by atoms with E-state index in [0.29, 0.717) is 0 Å². The summed E-state index contributed by atoms with van der Waals surface area (Å²) in [5.74, 6) is 0. The number of fused-ring (bicyclic) bond motifs is 1. The van der Waals surface area contributed by atoms with Crippen LogP contribution in [0.3, 0.4) is 0 Å². The molecule has 2 rings (SSSR count). The van der Waals surface area contributed by atoms with Crippen molar-refractivity contribution in [3.63, 3.8) is 0 Å². The van der Waals surface area contributed by atoms with Crippen LogP contribution in [0.4, 0.5) is 0 Å². The van der Waals surface area contributed by atoms with Crippen molar-refractivity contribution in [3.8, 4) is 0 Å². The third-order valence-corrected chi connectivity index (χ3v) is 3.60. The van der Waals surface area contributed by atoms with Gasteiger partial charge in [0.15, 0.2) is 0 Å². The Hall–Kier alpha value is 0.01000. The summed E-state index contributed by atoms with van der Waals surface area (Å²) in [4.78, 5) is 1.22. The zero-order valence-corrected chi connectivity index (χ0v) is 8.86. The average molecular weight is 245 g/mol. The van der Waals surface area contributed by atoms with Crippen molar-refractivity contribution in [2.45, 2.75) is 23.2 Å². The maximum absolute atomic E-state index is 9.38. The van der Waals surface area contributed by atoms with E-state index in [-0.39, 0.29) is 5.44 Å². The number of hydrogen-bond donors (Lipinski definition) is 1. The van der Waals surface area contributed by atoms with Crippen molar-refractivity contribution in [3.05, 3.63) is 28.2 Å². The second-order valence-electron chi connectivity index (χ2n) is 2.86. The summed E-state index contributed by atoms with van der Waals surface area (Å²) in [5, 5.41) is 9.38. The number of benzene rings is 1. The van der Waals surface area contributed by atoms with Crippen molar-refractivity contribution >= 4 is 27.7 Å². The Kier molecular flexibility index (Phi) is 2.44. The molecule has 0 saturated heterocycles. The predicted octanol–water partition coefficient (Wildman–Crippen LogP) is 2.81. The van der Waals surface area contributed by atoms with Gasteiger partial charge in [-0.25, -0.2) is 0 Å². The highest BCUT2D eigenvalue weighted by molar-refractivity contribution is 9.10. The molecule has 1 N–H and O–H groups in total. The summed E-state index contributed by atoms with van der Waals surface area (Å²) < 4.78 is 1.12. The summed E-state index contributed by atoms with van der Waals surface area (Å²) in [6.07, 6.45) is 1.86. The lowest BCUT2D eigenvalue weighted by Crippen LogP contribution is -2.09. The zero-order chi connectivity index (χ0) is 8.55. The summed E-state index contributed by atoms with van der Waals surface area (Å²) in [6, 6.07) is 6.21. The van der Waals surface area contributed by atoms with E-state index in [4.69, 9.17) is 0 Å². The van der Waals surface area contributed by atoms with Crippen LogP contribution in [0.2, 0.25) is 0 Å². The molecule has 1 unspecified atom stereocenters. The highest BCUT2D eigenvalue weighted by Crippen LogP contribution is 2.35. The number of aliphatic hydroxyl groups is 1. The molecule has 1 aromatic rings. The van der Waals surface area contributed by atoms with E-state index in [9.17, 15) is 5.11 Å². The molecule has 1 nitrogen and oxygen atoms in total. The molecule has 1 aromatic carbocycles. The largest absolute Gasteiger partial charge is 0.382 e. The second kappa shape index (κ2) is 3.40. The molecule has 1 aliphatic rings. The van der Waals surface area contributed by atoms with Gasteiger partial charge in [0.1, 0.15) is 5.44 Å². The van der Waals surface area contributed by atoms with Crippen molar-refractivity contribution < 1.29 is 5.11 Å². The van der Waals surface area contributed by atoms with Crippen LogP contribution in [0.25, 0.3) is 0 Å². The predicted molar refractivity (Wildman–Crippen MR) is 54.3 cm³/mol. The van der Waals surface area contributed by atoms with E-state index in [1.807, 2.05) is 6.07 Å². The number of aryl methyl sites for hydroxylation is 1. The fourth-order valence-electron chi connectivity index (χ4n) is 1.34. The lowest BCUT2D eigenvalue weighted by molar-refractivity contribution is 0.250. The fourth-order valence-corrected chi connectivity index (χ4v) is 2.74. The van der Waals surface area contributed by atoms with Crippen LogP contribution in [-0.2, 0) is 6.42 Å². The van der Waals surface area contributed by atoms with Crippen molar-refractivity contribution in [1.29, 1.82) is 0 Å². The quantitative estimate of drug-likeness (QED) is 0.758. The number of aliphatic hydroxyl groups excluding tert-OH is 1. The van der Waals surface area contributed by atoms with Crippen LogP contribution in [-0.4, -0.2) is 10.5 Å². The third kappa shape index (κ3) is 1.68. The molecular weight excluding hydrogens is 236 g/mol. The highest BCUT2D eigenvalue weighted by Gasteiger charge is 2.16. The maximum Gasteiger partial charge on any atom is 0.104 e. The minimum absolute atomic E-state index is 0.210. The minimum Gasteiger partial charge on any atom is -0.382 e. The van der Waals surface area contributed by atoms with Crippen LogP contribution in [0.1, 0.15) is 12.0 Å². The Bertz CT molecular complexity index is 301. The first kappa shape index (κ1) is 8.60. The Morgan fingerprint density at radius 3 is 3.17 bits per heavy atom. The van der Waals surface area contributed by atoms with Gasteiger partial charge in [-0.05, 0) is 36.6 Å². The maximum atomic E-state index is 9.38. The topological polar surface area (TPSA) is 20.2 Å². The van der Waals surface area contributed by atoms with Crippen molar-refractivity contribution in [2.75, 3.05) is 0 Å². The molecule has 1 atom stereocenters. The van der Waals surface area contributed by atoms with Crippen LogP contribution in [0.15, 0.2) is 27.6 Å². The van der Waals surface area contributed by atoms with E-state index < -0.39 is 0 Å². The van der Waals surface area contributed by atoms with Crippen LogP contribution in [0.5, 0.6) is 0 Å². The number of rotatable bonds is 0. The van der Waals surface area contributed by atoms with Crippen LogP contribution >= 0.6 is 27.7 Å². The molecule has 1 heterocycles. The summed E-state index contributed by atoms with van der Waals surface area (Å²) in [6.45, 7) is 0. The smallest absolute Gasteiger partial charge is 0.104 e. The van der Waals surface area contributed by atoms with Gasteiger partial charge in [0.25, 0.3) is 0 Å². The van der Waals surface area contributed by atoms with E-state index in [1.54, 1.807) is 11.8 Å². The molecule has 12 heavy (non-hydrogen) atoms. The molecule has 0 spiro atoms. The number of thioether (sulfide) groups is 1. The molecule has 0 amide bonds. The first-order chi connectivity index (χ1) is 5.75. The molecule has 64 valence electrons. The molecule has 1 aliphatic heterocycles. The Morgan fingerprint density at radius 2 is 2.33 bits per heavy atom. The first-order valence-electron chi connectivity index (χ1n) is 3.89. The molecule has 0 radical (unpaired) electrons. The second-order valence-corrected chi connectivity index (χ2v) is 5.00. The lowest BCUT2D eigenvalue weighted by Gasteiger charge is -2.19. The summed E-state index contributed by atoms with van der Waals surface area (Å²) >= 11 is 4.99. The van der Waals surface area contributed by atoms with Gasteiger partial charge in [-0.3, -0.25) is 0 Å². The SMILES string of the molecule is OC1CCc2cc(Br)ccc2S1. The van der Waals surface area contributed by atoms with Crippen molar-refractivity contribution in [2.24, 2.45) is 0 Å². The van der Waals surface area contributed by atoms with E-state index in [1.165, 1.54) is 10.5 Å². The highest BCUT2D eigenvalue weighted by atomic mass is 79.9. The normalized spacial score (nSPS) is 22.0. The van der Waals surface area contributed by atoms with Gasteiger partial charge in [-0.15, -0.1) is 0 Å². The lowest BCUT2D eigenvalue weighted by atomic mass is 10.1. The first-order valence-corrected chi connectivity index (χ1v) is 5.56.